The molecule has 6 heterocycles. The third-order valence-electron chi connectivity index (χ3n) is 7.27. The van der Waals surface area contributed by atoms with E-state index < -0.39 is 0 Å². The van der Waals surface area contributed by atoms with E-state index in [-0.39, 0.29) is 11.9 Å². The lowest BCUT2D eigenvalue weighted by Crippen LogP contribution is -2.31. The van der Waals surface area contributed by atoms with Gasteiger partial charge in [0.2, 0.25) is 0 Å². The van der Waals surface area contributed by atoms with Crippen molar-refractivity contribution in [1.82, 2.24) is 39.2 Å². The predicted molar refractivity (Wildman–Crippen MR) is 144 cm³/mol. The van der Waals surface area contributed by atoms with Crippen LogP contribution in [0.25, 0.3) is 33.3 Å². The maximum Gasteiger partial charge on any atom is 0.257 e. The maximum atomic E-state index is 13.1. The van der Waals surface area contributed by atoms with Crippen molar-refractivity contribution < 1.29 is 4.79 Å². The van der Waals surface area contributed by atoms with E-state index in [4.69, 9.17) is 0 Å². The molecule has 5 aromatic rings. The highest BCUT2D eigenvalue weighted by Gasteiger charge is 2.20. The van der Waals surface area contributed by atoms with Crippen LogP contribution in [0.5, 0.6) is 0 Å². The number of hydrogen-bond donors (Lipinski definition) is 2. The summed E-state index contributed by atoms with van der Waals surface area (Å²) in [5.41, 5.74) is 5.49. The Morgan fingerprint density at radius 1 is 1.14 bits per heavy atom. The number of carbonyl (C=O) groups excluding carboxylic acids is 1. The minimum Gasteiger partial charge on any atom is -0.346 e. The largest absolute Gasteiger partial charge is 0.346 e. The fraction of sp³-hybridized carbons (Fsp3) is 0.370. The number of aromatic nitrogens is 7. The Kier molecular flexibility index (Phi) is 5.75. The Balaban J connectivity index is 1.27. The van der Waals surface area contributed by atoms with Gasteiger partial charge in [-0.15, -0.1) is 0 Å². The van der Waals surface area contributed by atoms with E-state index in [1.54, 1.807) is 12.4 Å². The van der Waals surface area contributed by atoms with Gasteiger partial charge in [0.25, 0.3) is 5.91 Å². The number of piperidine rings is 1. The van der Waals surface area contributed by atoms with E-state index in [2.05, 4.69) is 66.8 Å². The second kappa shape index (κ2) is 9.11. The normalized spacial score (nSPS) is 15.3. The van der Waals surface area contributed by atoms with Crippen molar-refractivity contribution in [1.29, 1.82) is 0 Å². The average molecular weight is 498 g/mol. The van der Waals surface area contributed by atoms with Crippen LogP contribution in [0.1, 0.15) is 55.0 Å². The molecule has 0 spiro atoms. The molecule has 2 N–H and O–H groups in total. The number of hydrogen-bond acceptors (Lipinski definition) is 6. The molecule has 1 aliphatic rings. The summed E-state index contributed by atoms with van der Waals surface area (Å²) in [6.45, 7) is 8.38. The Labute approximate surface area is 214 Å². The molecule has 1 aliphatic heterocycles. The van der Waals surface area contributed by atoms with Gasteiger partial charge in [-0.05, 0) is 65.9 Å². The smallest absolute Gasteiger partial charge is 0.257 e. The fourth-order valence-electron chi connectivity index (χ4n) is 5.32. The summed E-state index contributed by atoms with van der Waals surface area (Å²) in [5.74, 6) is 0.722. The summed E-state index contributed by atoms with van der Waals surface area (Å²) in [7, 11) is 2.14. The number of fused-ring (bicyclic) bond motifs is 2. The van der Waals surface area contributed by atoms with Crippen LogP contribution in [-0.2, 0) is 0 Å². The van der Waals surface area contributed by atoms with Gasteiger partial charge in [-0.3, -0.25) is 9.48 Å². The number of nitrogens with zero attached hydrogens (tertiary/aromatic N) is 7. The number of pyridine rings is 2. The van der Waals surface area contributed by atoms with Crippen LogP contribution in [0.3, 0.4) is 0 Å². The Morgan fingerprint density at radius 3 is 2.73 bits per heavy atom. The van der Waals surface area contributed by atoms with Gasteiger partial charge in [-0.1, -0.05) is 0 Å². The number of nitrogens with one attached hydrogen (secondary N) is 2. The molecule has 37 heavy (non-hydrogen) atoms. The van der Waals surface area contributed by atoms with Gasteiger partial charge in [0.15, 0.2) is 5.65 Å². The van der Waals surface area contributed by atoms with Crippen molar-refractivity contribution in [3.8, 4) is 11.1 Å². The van der Waals surface area contributed by atoms with Crippen molar-refractivity contribution in [3.63, 3.8) is 0 Å². The third kappa shape index (κ3) is 4.27. The number of imidazole rings is 1. The van der Waals surface area contributed by atoms with Gasteiger partial charge in [-0.2, -0.15) is 5.10 Å². The summed E-state index contributed by atoms with van der Waals surface area (Å²) < 4.78 is 4.16. The summed E-state index contributed by atoms with van der Waals surface area (Å²) in [5, 5.41) is 8.35. The Morgan fingerprint density at radius 2 is 1.95 bits per heavy atom. The first-order valence-corrected chi connectivity index (χ1v) is 12.7. The molecule has 1 fully saturated rings. The number of H-pyrrole nitrogens is 1. The van der Waals surface area contributed by atoms with Crippen molar-refractivity contribution >= 4 is 33.8 Å². The predicted octanol–water partition coefficient (Wildman–Crippen LogP) is 4.58. The molecule has 10 nitrogen and oxygen atoms in total. The molecule has 0 bridgehead atoms. The first kappa shape index (κ1) is 23.4. The van der Waals surface area contributed by atoms with Crippen LogP contribution < -0.4 is 5.32 Å². The highest BCUT2D eigenvalue weighted by Crippen LogP contribution is 2.31. The average Bonchev–Trinajstić information content (AvgIpc) is 3.59. The van der Waals surface area contributed by atoms with Crippen molar-refractivity contribution in [3.05, 3.63) is 54.5 Å². The number of anilines is 1. The highest BCUT2D eigenvalue weighted by molar-refractivity contribution is 6.07. The maximum absolute atomic E-state index is 13.1. The first-order chi connectivity index (χ1) is 17.9. The van der Waals surface area contributed by atoms with E-state index >= 15 is 0 Å². The lowest BCUT2D eigenvalue weighted by Gasteiger charge is -2.28. The molecule has 190 valence electrons. The van der Waals surface area contributed by atoms with Crippen LogP contribution in [0.2, 0.25) is 0 Å². The zero-order chi connectivity index (χ0) is 25.7. The Bertz CT molecular complexity index is 1600. The Hall–Kier alpha value is -4.05. The molecule has 0 unspecified atom stereocenters. The molecule has 0 aromatic carbocycles. The van der Waals surface area contributed by atoms with E-state index in [9.17, 15) is 4.79 Å². The summed E-state index contributed by atoms with van der Waals surface area (Å²) in [6, 6.07) is 4.62. The zero-order valence-electron chi connectivity index (χ0n) is 21.6. The number of amides is 1. The molecule has 6 rings (SSSR count). The monoisotopic (exact) mass is 497 g/mol. The molecule has 1 amide bonds. The minimum absolute atomic E-state index is 0.216. The number of likely N-dealkylation sites (tertiary alicyclic amines) is 1. The second-order valence-corrected chi connectivity index (χ2v) is 10.2. The molecule has 0 atom stereocenters. The number of aryl methyl sites for hydroxylation is 1. The lowest BCUT2D eigenvalue weighted by atomic mass is 10.1. The third-order valence-corrected chi connectivity index (χ3v) is 7.27. The summed E-state index contributed by atoms with van der Waals surface area (Å²) in [6.07, 6.45) is 11.1. The number of aromatic amines is 1. The van der Waals surface area contributed by atoms with Crippen LogP contribution >= 0.6 is 0 Å². The SMILES string of the molecule is Cc1nc2ncc(-c3c[nH]c4ncc(C(=O)Nc5cnn(C6CCN(C)CC6)c5)cc34)cc2n1C(C)C. The molecule has 0 saturated carbocycles. The van der Waals surface area contributed by atoms with Gasteiger partial charge >= 0.3 is 0 Å². The fourth-order valence-corrected chi connectivity index (χ4v) is 5.32. The molecule has 10 heteroatoms. The van der Waals surface area contributed by atoms with Crippen LogP contribution in [0.15, 0.2) is 43.1 Å². The second-order valence-electron chi connectivity index (χ2n) is 10.2. The van der Waals surface area contributed by atoms with Gasteiger partial charge in [0, 0.05) is 47.3 Å². The standard InChI is InChI=1S/C27H31N9O/c1-16(2)36-17(3)32-26-24(36)10-18(11-29-26)23-14-30-25-22(23)9-19(12-28-25)27(37)33-20-13-31-35(15-20)21-5-7-34(4)8-6-21/h9-16,21H,5-8H2,1-4H3,(H,28,30)(H,33,37). The van der Waals surface area contributed by atoms with E-state index in [0.717, 1.165) is 65.1 Å². The van der Waals surface area contributed by atoms with Crippen LogP contribution in [-0.4, -0.2) is 65.2 Å². The molecule has 5 aromatic heterocycles. The van der Waals surface area contributed by atoms with Gasteiger partial charge in [0.1, 0.15) is 11.5 Å². The molecule has 0 aliphatic carbocycles. The lowest BCUT2D eigenvalue weighted by molar-refractivity contribution is 0.102. The summed E-state index contributed by atoms with van der Waals surface area (Å²) in [4.78, 5) is 32.4. The first-order valence-electron chi connectivity index (χ1n) is 12.7. The molecular weight excluding hydrogens is 466 g/mol. The van der Waals surface area contributed by atoms with Crippen LogP contribution in [0.4, 0.5) is 5.69 Å². The van der Waals surface area contributed by atoms with Crippen LogP contribution in [0, 0.1) is 6.92 Å². The van der Waals surface area contributed by atoms with E-state index in [1.807, 2.05) is 36.3 Å². The van der Waals surface area contributed by atoms with Crippen molar-refractivity contribution in [2.45, 2.75) is 45.7 Å². The molecular formula is C27H31N9O. The van der Waals surface area contributed by atoms with Gasteiger partial charge in [0.05, 0.1) is 29.0 Å². The highest BCUT2D eigenvalue weighted by atomic mass is 16.1. The van der Waals surface area contributed by atoms with Crippen molar-refractivity contribution in [2.24, 2.45) is 0 Å². The number of rotatable bonds is 5. The van der Waals surface area contributed by atoms with Gasteiger partial charge in [-0.25, -0.2) is 15.0 Å². The molecule has 0 radical (unpaired) electrons. The molecule has 1 saturated heterocycles. The topological polar surface area (TPSA) is 110 Å². The minimum atomic E-state index is -0.216. The van der Waals surface area contributed by atoms with E-state index in [1.165, 1.54) is 0 Å². The number of carbonyl (C=O) groups is 1. The van der Waals surface area contributed by atoms with Gasteiger partial charge < -0.3 is 19.8 Å². The zero-order valence-corrected chi connectivity index (χ0v) is 21.6. The quantitative estimate of drug-likeness (QED) is 0.368. The van der Waals surface area contributed by atoms with E-state index in [0.29, 0.717) is 17.3 Å². The summed E-state index contributed by atoms with van der Waals surface area (Å²) >= 11 is 0. The van der Waals surface area contributed by atoms with Crippen molar-refractivity contribution in [2.75, 3.05) is 25.5 Å².